The topological polar surface area (TPSA) is 75.1 Å². The van der Waals surface area contributed by atoms with E-state index in [0.717, 1.165) is 6.20 Å². The van der Waals surface area contributed by atoms with E-state index in [9.17, 15) is 9.18 Å². The van der Waals surface area contributed by atoms with Crippen LogP contribution in [0.2, 0.25) is 0 Å². The number of pyridine rings is 1. The molecule has 0 saturated heterocycles. The van der Waals surface area contributed by atoms with E-state index in [0.29, 0.717) is 16.4 Å². The number of carbonyl (C=O) groups is 1. The van der Waals surface area contributed by atoms with Crippen LogP contribution < -0.4 is 5.32 Å². The highest BCUT2D eigenvalue weighted by Crippen LogP contribution is 2.18. The molecule has 0 saturated carbocycles. The summed E-state index contributed by atoms with van der Waals surface area (Å²) in [4.78, 5) is 20.0. The Kier molecular flexibility index (Phi) is 4.76. The van der Waals surface area contributed by atoms with Crippen molar-refractivity contribution in [2.75, 3.05) is 11.9 Å². The molecule has 0 unspecified atom stereocenters. The van der Waals surface area contributed by atoms with Gasteiger partial charge in [-0.15, -0.1) is 0 Å². The smallest absolute Gasteiger partial charge is 0.260 e. The van der Waals surface area contributed by atoms with E-state index in [4.69, 9.17) is 5.11 Å². The summed E-state index contributed by atoms with van der Waals surface area (Å²) in [5.74, 6) is 4.27. The first kappa shape index (κ1) is 14.1. The Hall–Kier alpha value is -2.30. The molecule has 2 aromatic rings. The van der Waals surface area contributed by atoms with Gasteiger partial charge in [0, 0.05) is 12.6 Å². The predicted molar refractivity (Wildman–Crippen MR) is 72.8 cm³/mol. The van der Waals surface area contributed by atoms with Gasteiger partial charge >= 0.3 is 0 Å². The van der Waals surface area contributed by atoms with E-state index < -0.39 is 11.7 Å². The summed E-state index contributed by atoms with van der Waals surface area (Å²) in [5.41, 5.74) is -0.0943. The molecule has 102 valence electrons. The SMILES string of the molecule is O=C(Nc1ncc(C#CCCO)s1)c1ccncc1F. The first-order chi connectivity index (χ1) is 9.70. The molecule has 2 N–H and O–H groups in total. The molecule has 5 nitrogen and oxygen atoms in total. The molecular weight excluding hydrogens is 281 g/mol. The van der Waals surface area contributed by atoms with Gasteiger partial charge in [0.15, 0.2) is 10.9 Å². The van der Waals surface area contributed by atoms with Gasteiger partial charge in [-0.3, -0.25) is 15.1 Å². The second kappa shape index (κ2) is 6.75. The summed E-state index contributed by atoms with van der Waals surface area (Å²) in [6, 6.07) is 1.29. The molecule has 1 amide bonds. The van der Waals surface area contributed by atoms with Crippen molar-refractivity contribution in [3.05, 3.63) is 40.9 Å². The second-order valence-corrected chi connectivity index (χ2v) is 4.65. The summed E-state index contributed by atoms with van der Waals surface area (Å²) in [7, 11) is 0. The molecule has 0 aliphatic rings. The number of aliphatic hydroxyl groups is 1. The molecule has 7 heteroatoms. The molecule has 0 bridgehead atoms. The molecule has 0 radical (unpaired) electrons. The van der Waals surface area contributed by atoms with Gasteiger partial charge in [-0.2, -0.15) is 0 Å². The summed E-state index contributed by atoms with van der Waals surface area (Å²) >= 11 is 1.18. The summed E-state index contributed by atoms with van der Waals surface area (Å²) in [5, 5.41) is 11.4. The molecule has 2 aromatic heterocycles. The number of carbonyl (C=O) groups excluding carboxylic acids is 1. The molecule has 0 aliphatic carbocycles. The maximum absolute atomic E-state index is 13.4. The largest absolute Gasteiger partial charge is 0.395 e. The van der Waals surface area contributed by atoms with Crippen molar-refractivity contribution in [3.63, 3.8) is 0 Å². The van der Waals surface area contributed by atoms with Crippen molar-refractivity contribution in [2.45, 2.75) is 6.42 Å². The lowest BCUT2D eigenvalue weighted by atomic mass is 10.2. The van der Waals surface area contributed by atoms with E-state index in [1.807, 2.05) is 0 Å². The second-order valence-electron chi connectivity index (χ2n) is 3.61. The number of nitrogens with zero attached hydrogens (tertiary/aromatic N) is 2. The Labute approximate surface area is 118 Å². The number of thiazole rings is 1. The fourth-order valence-corrected chi connectivity index (χ4v) is 2.01. The van der Waals surface area contributed by atoms with Crippen LogP contribution in [0.3, 0.4) is 0 Å². The lowest BCUT2D eigenvalue weighted by molar-refractivity contribution is 0.102. The molecular formula is C13H10FN3O2S. The third-order valence-electron chi connectivity index (χ3n) is 2.19. The number of anilines is 1. The van der Waals surface area contributed by atoms with Crippen LogP contribution in [-0.4, -0.2) is 27.6 Å². The molecule has 20 heavy (non-hydrogen) atoms. The number of halogens is 1. The van der Waals surface area contributed by atoms with E-state index in [2.05, 4.69) is 27.1 Å². The van der Waals surface area contributed by atoms with Crippen LogP contribution in [0.25, 0.3) is 0 Å². The Morgan fingerprint density at radius 3 is 3.10 bits per heavy atom. The Morgan fingerprint density at radius 1 is 1.50 bits per heavy atom. The molecule has 2 heterocycles. The third-order valence-corrected chi connectivity index (χ3v) is 3.02. The molecule has 2 rings (SSSR count). The minimum atomic E-state index is -0.690. The van der Waals surface area contributed by atoms with Crippen LogP contribution in [0.15, 0.2) is 24.7 Å². The average Bonchev–Trinajstić information content (AvgIpc) is 2.87. The van der Waals surface area contributed by atoms with Crippen molar-refractivity contribution in [1.82, 2.24) is 9.97 Å². The molecule has 0 fully saturated rings. The van der Waals surface area contributed by atoms with Crippen LogP contribution in [0.1, 0.15) is 21.7 Å². The monoisotopic (exact) mass is 291 g/mol. The Bertz CT molecular complexity index is 675. The normalized spacial score (nSPS) is 9.70. The van der Waals surface area contributed by atoms with Gasteiger partial charge < -0.3 is 5.11 Å². The van der Waals surface area contributed by atoms with Crippen molar-refractivity contribution >= 4 is 22.4 Å². The third kappa shape index (κ3) is 3.60. The first-order valence-corrected chi connectivity index (χ1v) is 6.49. The lowest BCUT2D eigenvalue weighted by Gasteiger charge is -2.01. The molecule has 0 spiro atoms. The zero-order valence-electron chi connectivity index (χ0n) is 10.3. The van der Waals surface area contributed by atoms with Crippen LogP contribution in [0, 0.1) is 17.7 Å². The van der Waals surface area contributed by atoms with Gasteiger partial charge in [-0.25, -0.2) is 9.37 Å². The number of hydrogen-bond donors (Lipinski definition) is 2. The zero-order chi connectivity index (χ0) is 14.4. The van der Waals surface area contributed by atoms with Crippen LogP contribution in [0.4, 0.5) is 9.52 Å². The highest BCUT2D eigenvalue weighted by Gasteiger charge is 2.12. The Morgan fingerprint density at radius 2 is 2.35 bits per heavy atom. The van der Waals surface area contributed by atoms with Gasteiger partial charge in [-0.1, -0.05) is 23.2 Å². The number of rotatable bonds is 3. The van der Waals surface area contributed by atoms with Crippen molar-refractivity contribution in [3.8, 4) is 11.8 Å². The first-order valence-electron chi connectivity index (χ1n) is 5.67. The number of aromatic nitrogens is 2. The van der Waals surface area contributed by atoms with Gasteiger partial charge in [0.25, 0.3) is 5.91 Å². The van der Waals surface area contributed by atoms with Crippen LogP contribution >= 0.6 is 11.3 Å². The zero-order valence-corrected chi connectivity index (χ0v) is 11.1. The predicted octanol–water partition coefficient (Wildman–Crippen LogP) is 1.66. The van der Waals surface area contributed by atoms with E-state index in [-0.39, 0.29) is 12.2 Å². The van der Waals surface area contributed by atoms with Gasteiger partial charge in [0.05, 0.1) is 29.4 Å². The Balaban J connectivity index is 2.06. The van der Waals surface area contributed by atoms with E-state index >= 15 is 0 Å². The molecule has 0 aliphatic heterocycles. The van der Waals surface area contributed by atoms with Gasteiger partial charge in [0.1, 0.15) is 0 Å². The fourth-order valence-electron chi connectivity index (χ4n) is 1.32. The highest BCUT2D eigenvalue weighted by molar-refractivity contribution is 7.16. The highest BCUT2D eigenvalue weighted by atomic mass is 32.1. The summed E-state index contributed by atoms with van der Waals surface area (Å²) < 4.78 is 13.4. The summed E-state index contributed by atoms with van der Waals surface area (Å²) in [6.45, 7) is -0.00326. The van der Waals surface area contributed by atoms with E-state index in [1.165, 1.54) is 29.8 Å². The van der Waals surface area contributed by atoms with Crippen molar-refractivity contribution in [2.24, 2.45) is 0 Å². The number of hydrogen-bond acceptors (Lipinski definition) is 5. The number of aliphatic hydroxyl groups excluding tert-OH is 1. The minimum absolute atomic E-state index is 0.00326. The number of amides is 1. The van der Waals surface area contributed by atoms with Crippen molar-refractivity contribution < 1.29 is 14.3 Å². The molecule has 0 atom stereocenters. The van der Waals surface area contributed by atoms with Crippen LogP contribution in [0.5, 0.6) is 0 Å². The fraction of sp³-hybridized carbons (Fsp3) is 0.154. The van der Waals surface area contributed by atoms with Gasteiger partial charge in [-0.05, 0) is 6.07 Å². The lowest BCUT2D eigenvalue weighted by Crippen LogP contribution is -2.13. The maximum Gasteiger partial charge on any atom is 0.260 e. The average molecular weight is 291 g/mol. The van der Waals surface area contributed by atoms with Crippen molar-refractivity contribution in [1.29, 1.82) is 0 Å². The minimum Gasteiger partial charge on any atom is -0.395 e. The van der Waals surface area contributed by atoms with Crippen LogP contribution in [-0.2, 0) is 0 Å². The van der Waals surface area contributed by atoms with E-state index in [1.54, 1.807) is 0 Å². The maximum atomic E-state index is 13.4. The number of nitrogens with one attached hydrogen (secondary N) is 1. The van der Waals surface area contributed by atoms with Gasteiger partial charge in [0.2, 0.25) is 0 Å². The summed E-state index contributed by atoms with van der Waals surface area (Å²) in [6.07, 6.45) is 4.20. The standard InChI is InChI=1S/C13H10FN3O2S/c14-11-8-15-5-4-10(11)12(19)17-13-16-7-9(20-13)3-1-2-6-18/h4-5,7-8,18H,2,6H2,(H,16,17,19). The quantitative estimate of drug-likeness (QED) is 0.843. The molecule has 0 aromatic carbocycles.